The summed E-state index contributed by atoms with van der Waals surface area (Å²) < 4.78 is 14.8. The highest BCUT2D eigenvalue weighted by Gasteiger charge is 2.52. The van der Waals surface area contributed by atoms with E-state index in [2.05, 4.69) is 22.3 Å². The van der Waals surface area contributed by atoms with Crippen molar-refractivity contribution in [3.05, 3.63) is 70.8 Å². The molecule has 2 aromatic rings. The highest BCUT2D eigenvalue weighted by molar-refractivity contribution is 6.30. The Morgan fingerprint density at radius 3 is 2.38 bits per heavy atom. The molecular weight excluding hydrogens is 499 g/mol. The number of carbonyl (C=O) groups is 3. The molecule has 37 heavy (non-hydrogen) atoms. The number of amides is 2. The second kappa shape index (κ2) is 10.5. The molecule has 0 atom stereocenters. The highest BCUT2D eigenvalue weighted by atomic mass is 35.5. The van der Waals surface area contributed by atoms with Crippen molar-refractivity contribution in [1.29, 1.82) is 0 Å². The number of hydrogen-bond donors (Lipinski definition) is 3. The van der Waals surface area contributed by atoms with Gasteiger partial charge in [0, 0.05) is 30.6 Å². The lowest BCUT2D eigenvalue weighted by atomic mass is 9.53. The van der Waals surface area contributed by atoms with E-state index in [1.165, 1.54) is 29.0 Å². The zero-order chi connectivity index (χ0) is 26.8. The van der Waals surface area contributed by atoms with Gasteiger partial charge in [-0.2, -0.15) is 5.10 Å². The fourth-order valence-electron chi connectivity index (χ4n) is 5.23. The van der Waals surface area contributed by atoms with E-state index in [1.807, 2.05) is 0 Å². The summed E-state index contributed by atoms with van der Waals surface area (Å²) in [6.45, 7) is 6.14. The van der Waals surface area contributed by atoms with Crippen molar-refractivity contribution < 1.29 is 23.9 Å². The van der Waals surface area contributed by atoms with Gasteiger partial charge >= 0.3 is 5.97 Å². The molecule has 3 aliphatic carbocycles. The van der Waals surface area contributed by atoms with E-state index in [-0.39, 0.29) is 28.3 Å². The number of halogens is 2. The monoisotopic (exact) mass is 528 g/mol. The number of hydrogen-bond acceptors (Lipinski definition) is 4. The zero-order valence-corrected chi connectivity index (χ0v) is 21.4. The van der Waals surface area contributed by atoms with Gasteiger partial charge in [-0.25, -0.2) is 9.07 Å². The molecular formula is C27H30ClFN4O4. The van der Waals surface area contributed by atoms with Gasteiger partial charge in [0.15, 0.2) is 0 Å². The summed E-state index contributed by atoms with van der Waals surface area (Å²) in [4.78, 5) is 37.7. The molecule has 0 radical (unpaired) electrons. The number of benzene rings is 1. The Labute approximate surface area is 219 Å². The summed E-state index contributed by atoms with van der Waals surface area (Å²) in [5.41, 5.74) is 0.775. The third-order valence-corrected chi connectivity index (χ3v) is 8.10. The first-order valence-electron chi connectivity index (χ1n) is 12.2. The van der Waals surface area contributed by atoms with Crippen LogP contribution in [0.2, 0.25) is 5.02 Å². The smallest absolute Gasteiger partial charge is 0.309 e. The van der Waals surface area contributed by atoms with Gasteiger partial charge in [0.25, 0.3) is 11.8 Å². The molecule has 10 heteroatoms. The maximum absolute atomic E-state index is 13.4. The van der Waals surface area contributed by atoms with Crippen LogP contribution >= 0.6 is 11.6 Å². The molecule has 5 rings (SSSR count). The van der Waals surface area contributed by atoms with E-state index in [1.54, 1.807) is 19.2 Å². The van der Waals surface area contributed by atoms with Crippen LogP contribution in [0.4, 0.5) is 4.39 Å². The van der Waals surface area contributed by atoms with E-state index in [0.29, 0.717) is 37.1 Å². The van der Waals surface area contributed by atoms with Gasteiger partial charge in [-0.15, -0.1) is 0 Å². The molecule has 8 nitrogen and oxygen atoms in total. The predicted octanol–water partition coefficient (Wildman–Crippen LogP) is 4.24. The average Bonchev–Trinajstić information content (AvgIpc) is 3.32. The van der Waals surface area contributed by atoms with Crippen LogP contribution in [0.25, 0.3) is 5.70 Å². The lowest BCUT2D eigenvalue weighted by molar-refractivity contribution is -0.159. The molecule has 0 spiro atoms. The summed E-state index contributed by atoms with van der Waals surface area (Å²) in [6, 6.07) is 5.91. The maximum Gasteiger partial charge on any atom is 0.309 e. The fourth-order valence-corrected chi connectivity index (χ4v) is 5.43. The normalized spacial score (nSPS) is 22.9. The van der Waals surface area contributed by atoms with Crippen molar-refractivity contribution in [3.8, 4) is 0 Å². The minimum Gasteiger partial charge on any atom is -0.481 e. The molecule has 1 aromatic carbocycles. The van der Waals surface area contributed by atoms with Crippen LogP contribution in [0.5, 0.6) is 0 Å². The van der Waals surface area contributed by atoms with Gasteiger partial charge in [0.05, 0.1) is 10.4 Å². The summed E-state index contributed by atoms with van der Waals surface area (Å²) in [5.74, 6) is -2.17. The van der Waals surface area contributed by atoms with Gasteiger partial charge in [-0.1, -0.05) is 24.2 Å². The summed E-state index contributed by atoms with van der Waals surface area (Å²) in [6.07, 6.45) is 7.06. The van der Waals surface area contributed by atoms with Crippen molar-refractivity contribution in [2.24, 2.45) is 10.8 Å². The third-order valence-electron chi connectivity index (χ3n) is 7.81. The molecule has 0 saturated heterocycles. The van der Waals surface area contributed by atoms with Gasteiger partial charge in [0.1, 0.15) is 11.5 Å². The molecule has 0 unspecified atom stereocenters. The number of nitrogens with zero attached hydrogens (tertiary/aromatic N) is 2. The molecule has 0 aliphatic heterocycles. The minimum absolute atomic E-state index is 0.0392. The number of carboxylic acid groups (broad SMARTS) is 1. The predicted molar refractivity (Wildman–Crippen MR) is 137 cm³/mol. The van der Waals surface area contributed by atoms with Crippen LogP contribution in [-0.2, 0) is 20.9 Å². The fraction of sp³-hybridized carbons (Fsp3) is 0.407. The number of carbonyl (C=O) groups excluding carboxylic acids is 2. The average molecular weight is 529 g/mol. The lowest BCUT2D eigenvalue weighted by Gasteiger charge is -2.51. The number of aryl methyl sites for hydroxylation is 1. The van der Waals surface area contributed by atoms with Crippen molar-refractivity contribution in [3.63, 3.8) is 0 Å². The van der Waals surface area contributed by atoms with Crippen LogP contribution in [0.3, 0.4) is 0 Å². The Balaban J connectivity index is 1.44. The second-order valence-corrected chi connectivity index (χ2v) is 10.5. The van der Waals surface area contributed by atoms with Crippen LogP contribution in [0.1, 0.15) is 49.8 Å². The van der Waals surface area contributed by atoms with Gasteiger partial charge in [-0.3, -0.25) is 14.4 Å². The molecule has 1 aromatic heterocycles. The first-order chi connectivity index (χ1) is 17.5. The third kappa shape index (κ3) is 5.61. The molecule has 2 amide bonds. The Bertz CT molecular complexity index is 1260. The molecule has 2 bridgehead atoms. The van der Waals surface area contributed by atoms with Crippen molar-refractivity contribution >= 4 is 35.1 Å². The number of rotatable bonds is 9. The number of carboxylic acids is 1. The van der Waals surface area contributed by atoms with Crippen LogP contribution < -0.4 is 10.6 Å². The zero-order valence-electron chi connectivity index (χ0n) is 20.7. The molecule has 3 aliphatic rings. The summed E-state index contributed by atoms with van der Waals surface area (Å²) >= 11 is 5.80. The summed E-state index contributed by atoms with van der Waals surface area (Å²) in [5, 5.41) is 19.5. The minimum atomic E-state index is -0.719. The topological polar surface area (TPSA) is 113 Å². The molecule has 3 fully saturated rings. The first-order valence-corrected chi connectivity index (χ1v) is 12.6. The maximum atomic E-state index is 13.4. The Morgan fingerprint density at radius 2 is 1.81 bits per heavy atom. The molecule has 1 heterocycles. The number of aliphatic carboxylic acids is 1. The lowest BCUT2D eigenvalue weighted by Crippen LogP contribution is -2.50. The second-order valence-electron chi connectivity index (χ2n) is 10.1. The van der Waals surface area contributed by atoms with Gasteiger partial charge in [-0.05, 0) is 80.7 Å². The number of fused-ring (bicyclic) bond motifs is 3. The standard InChI is InChI=1S/C27H30ClFN4O4/c1-17(23(34)30-15-19-3-4-21(29)20(28)14-19)13-22(33-18(2)5-12-32-33)24(35)31-16-26-6-9-27(10-7-26,11-8-26)25(36)37/h3-5,12-14H,1,6-11,15-16H2,2H3,(H,30,34)(H,31,35)(H,36,37)/b22-13-. The quantitative estimate of drug-likeness (QED) is 0.333. The highest BCUT2D eigenvalue weighted by Crippen LogP contribution is 2.56. The summed E-state index contributed by atoms with van der Waals surface area (Å²) in [7, 11) is 0. The van der Waals surface area contributed by atoms with Crippen molar-refractivity contribution in [2.45, 2.75) is 52.0 Å². The molecule has 196 valence electrons. The number of aromatic nitrogens is 2. The van der Waals surface area contributed by atoms with E-state index in [4.69, 9.17) is 11.6 Å². The van der Waals surface area contributed by atoms with Crippen molar-refractivity contribution in [2.75, 3.05) is 6.54 Å². The Morgan fingerprint density at radius 1 is 1.14 bits per heavy atom. The number of nitrogens with one attached hydrogen (secondary N) is 2. The van der Waals surface area contributed by atoms with Crippen LogP contribution in [0, 0.1) is 23.6 Å². The van der Waals surface area contributed by atoms with E-state index in [0.717, 1.165) is 19.3 Å². The van der Waals surface area contributed by atoms with Gasteiger partial charge < -0.3 is 15.7 Å². The largest absolute Gasteiger partial charge is 0.481 e. The van der Waals surface area contributed by atoms with Crippen molar-refractivity contribution in [1.82, 2.24) is 20.4 Å². The van der Waals surface area contributed by atoms with E-state index >= 15 is 0 Å². The molecule has 3 saturated carbocycles. The first kappa shape index (κ1) is 26.6. The molecule has 3 N–H and O–H groups in total. The SMILES string of the molecule is C=C(/C=C(/C(=O)NCC12CCC(C(=O)O)(CC1)CC2)n1nccc1C)C(=O)NCc1ccc(F)c(Cl)c1. The Hall–Kier alpha value is -3.46. The van der Waals surface area contributed by atoms with E-state index in [9.17, 15) is 23.9 Å². The van der Waals surface area contributed by atoms with Crippen LogP contribution in [-0.4, -0.2) is 39.2 Å². The van der Waals surface area contributed by atoms with Gasteiger partial charge in [0.2, 0.25) is 0 Å². The van der Waals surface area contributed by atoms with Crippen LogP contribution in [0.15, 0.2) is 48.7 Å². The van der Waals surface area contributed by atoms with E-state index < -0.39 is 29.0 Å². The Kier molecular flexibility index (Phi) is 7.54.